The monoisotopic (exact) mass is 338 g/mol. The van der Waals surface area contributed by atoms with Crippen LogP contribution < -0.4 is 5.32 Å². The molecule has 0 heterocycles. The van der Waals surface area contributed by atoms with E-state index in [2.05, 4.69) is 5.32 Å². The van der Waals surface area contributed by atoms with Crippen molar-refractivity contribution in [2.75, 3.05) is 13.1 Å². The lowest BCUT2D eigenvalue weighted by atomic mass is 10.0. The molecule has 0 aromatic heterocycles. The maximum atomic E-state index is 12.9. The van der Waals surface area contributed by atoms with E-state index >= 15 is 0 Å². The fourth-order valence-corrected chi connectivity index (χ4v) is 2.24. The summed E-state index contributed by atoms with van der Waals surface area (Å²) < 4.78 is 12.9. The molecule has 2 N–H and O–H groups in total. The number of carboxylic acids is 1. The Morgan fingerprint density at radius 1 is 1.21 bits per heavy atom. The lowest BCUT2D eigenvalue weighted by Gasteiger charge is -2.28. The van der Waals surface area contributed by atoms with Crippen molar-refractivity contribution >= 4 is 17.8 Å². The van der Waals surface area contributed by atoms with Gasteiger partial charge in [0.05, 0.1) is 0 Å². The van der Waals surface area contributed by atoms with E-state index in [0.717, 1.165) is 12.1 Å². The van der Waals surface area contributed by atoms with Gasteiger partial charge >= 0.3 is 5.97 Å². The van der Waals surface area contributed by atoms with Crippen LogP contribution in [0.1, 0.15) is 37.6 Å². The molecule has 0 fully saturated rings. The molecule has 2 amide bonds. The van der Waals surface area contributed by atoms with Crippen LogP contribution in [0.2, 0.25) is 0 Å². The minimum atomic E-state index is -1.11. The minimum absolute atomic E-state index is 0.227. The zero-order valence-electron chi connectivity index (χ0n) is 14.1. The van der Waals surface area contributed by atoms with Crippen LogP contribution in [0.3, 0.4) is 0 Å². The second-order valence-electron chi connectivity index (χ2n) is 5.86. The number of halogens is 1. The SMILES string of the molecule is CCCN(CC(=O)O)C(=O)C(NC(=O)c1ccc(F)cc1)C(C)C. The molecule has 0 radical (unpaired) electrons. The van der Waals surface area contributed by atoms with E-state index in [-0.39, 0.29) is 11.5 Å². The fourth-order valence-electron chi connectivity index (χ4n) is 2.24. The van der Waals surface area contributed by atoms with Gasteiger partial charge in [-0.05, 0) is 36.6 Å². The van der Waals surface area contributed by atoms with Crippen molar-refractivity contribution in [3.8, 4) is 0 Å². The minimum Gasteiger partial charge on any atom is -0.480 e. The van der Waals surface area contributed by atoms with Gasteiger partial charge in [-0.3, -0.25) is 14.4 Å². The highest BCUT2D eigenvalue weighted by atomic mass is 19.1. The average molecular weight is 338 g/mol. The summed E-state index contributed by atoms with van der Waals surface area (Å²) in [5, 5.41) is 11.6. The molecule has 0 aliphatic carbocycles. The Morgan fingerprint density at radius 2 is 1.79 bits per heavy atom. The van der Waals surface area contributed by atoms with E-state index in [1.165, 1.54) is 17.0 Å². The predicted octanol–water partition coefficient (Wildman–Crippen LogP) is 1.90. The number of nitrogens with one attached hydrogen (secondary N) is 1. The van der Waals surface area contributed by atoms with Crippen LogP contribution in [-0.2, 0) is 9.59 Å². The Labute approximate surface area is 140 Å². The number of amides is 2. The van der Waals surface area contributed by atoms with E-state index in [4.69, 9.17) is 5.11 Å². The summed E-state index contributed by atoms with van der Waals surface area (Å²) in [7, 11) is 0. The molecule has 1 atom stereocenters. The molecule has 0 spiro atoms. The van der Waals surface area contributed by atoms with Crippen molar-refractivity contribution in [3.63, 3.8) is 0 Å². The summed E-state index contributed by atoms with van der Waals surface area (Å²) in [6.07, 6.45) is 0.607. The number of hydrogen-bond acceptors (Lipinski definition) is 3. The van der Waals surface area contributed by atoms with Gasteiger partial charge in [0.1, 0.15) is 18.4 Å². The Hall–Kier alpha value is -2.44. The molecule has 132 valence electrons. The topological polar surface area (TPSA) is 86.7 Å². The summed E-state index contributed by atoms with van der Waals surface area (Å²) in [6, 6.07) is 4.12. The highest BCUT2D eigenvalue weighted by Crippen LogP contribution is 2.10. The van der Waals surface area contributed by atoms with Gasteiger partial charge in [0.25, 0.3) is 5.91 Å². The number of benzene rings is 1. The molecule has 1 aromatic carbocycles. The summed E-state index contributed by atoms with van der Waals surface area (Å²) >= 11 is 0. The van der Waals surface area contributed by atoms with Gasteiger partial charge in [0.2, 0.25) is 5.91 Å². The zero-order chi connectivity index (χ0) is 18.3. The van der Waals surface area contributed by atoms with Gasteiger partial charge in [-0.2, -0.15) is 0 Å². The molecule has 7 heteroatoms. The molecule has 24 heavy (non-hydrogen) atoms. The summed E-state index contributed by atoms with van der Waals surface area (Å²) in [5.41, 5.74) is 0.232. The summed E-state index contributed by atoms with van der Waals surface area (Å²) in [5.74, 6) is -2.74. The van der Waals surface area contributed by atoms with Crippen LogP contribution >= 0.6 is 0 Å². The Kier molecular flexibility index (Phi) is 7.35. The van der Waals surface area contributed by atoms with Gasteiger partial charge in [0, 0.05) is 12.1 Å². The molecular weight excluding hydrogens is 315 g/mol. The lowest BCUT2D eigenvalue weighted by Crippen LogP contribution is -2.52. The maximum absolute atomic E-state index is 12.9. The molecule has 1 aromatic rings. The summed E-state index contributed by atoms with van der Waals surface area (Å²) in [6.45, 7) is 5.24. The predicted molar refractivity (Wildman–Crippen MR) is 87.0 cm³/mol. The second kappa shape index (κ2) is 9.00. The van der Waals surface area contributed by atoms with Crippen LogP contribution in [0, 0.1) is 11.7 Å². The van der Waals surface area contributed by atoms with E-state index in [0.29, 0.717) is 13.0 Å². The van der Waals surface area contributed by atoms with Crippen molar-refractivity contribution in [2.45, 2.75) is 33.2 Å². The first-order valence-electron chi connectivity index (χ1n) is 7.83. The largest absolute Gasteiger partial charge is 0.480 e. The molecule has 0 aliphatic rings. The molecule has 1 rings (SSSR count). The van der Waals surface area contributed by atoms with Crippen molar-refractivity contribution < 1.29 is 23.9 Å². The highest BCUT2D eigenvalue weighted by molar-refractivity contribution is 5.98. The summed E-state index contributed by atoms with van der Waals surface area (Å²) in [4.78, 5) is 37.0. The van der Waals surface area contributed by atoms with E-state index in [1.807, 2.05) is 6.92 Å². The van der Waals surface area contributed by atoms with Gasteiger partial charge in [-0.1, -0.05) is 20.8 Å². The molecule has 0 saturated heterocycles. The second-order valence-corrected chi connectivity index (χ2v) is 5.86. The number of aliphatic carboxylic acids is 1. The molecule has 1 unspecified atom stereocenters. The Balaban J connectivity index is 2.91. The first-order chi connectivity index (χ1) is 11.3. The first kappa shape index (κ1) is 19.6. The van der Waals surface area contributed by atoms with Crippen LogP contribution in [0.15, 0.2) is 24.3 Å². The van der Waals surface area contributed by atoms with Gasteiger partial charge < -0.3 is 15.3 Å². The Morgan fingerprint density at radius 3 is 2.25 bits per heavy atom. The molecule has 0 aliphatic heterocycles. The van der Waals surface area contributed by atoms with Gasteiger partial charge in [-0.15, -0.1) is 0 Å². The van der Waals surface area contributed by atoms with Crippen molar-refractivity contribution in [3.05, 3.63) is 35.6 Å². The third-order valence-corrected chi connectivity index (χ3v) is 3.46. The average Bonchev–Trinajstić information content (AvgIpc) is 2.51. The number of carbonyl (C=O) groups is 3. The van der Waals surface area contributed by atoms with Crippen molar-refractivity contribution in [1.29, 1.82) is 0 Å². The maximum Gasteiger partial charge on any atom is 0.323 e. The lowest BCUT2D eigenvalue weighted by molar-refractivity contribution is -0.145. The van der Waals surface area contributed by atoms with E-state index in [1.54, 1.807) is 13.8 Å². The van der Waals surface area contributed by atoms with Crippen LogP contribution in [0.25, 0.3) is 0 Å². The van der Waals surface area contributed by atoms with E-state index in [9.17, 15) is 18.8 Å². The number of nitrogens with zero attached hydrogens (tertiary/aromatic N) is 1. The smallest absolute Gasteiger partial charge is 0.323 e. The number of rotatable bonds is 8. The van der Waals surface area contributed by atoms with Crippen molar-refractivity contribution in [1.82, 2.24) is 10.2 Å². The number of hydrogen-bond donors (Lipinski definition) is 2. The Bertz CT molecular complexity index is 587. The number of carbonyl (C=O) groups excluding carboxylic acids is 2. The molecular formula is C17H23FN2O4. The zero-order valence-corrected chi connectivity index (χ0v) is 14.1. The van der Waals surface area contributed by atoms with Crippen LogP contribution in [0.5, 0.6) is 0 Å². The van der Waals surface area contributed by atoms with Gasteiger partial charge in [0.15, 0.2) is 0 Å². The molecule has 6 nitrogen and oxygen atoms in total. The third-order valence-electron chi connectivity index (χ3n) is 3.46. The quantitative estimate of drug-likeness (QED) is 0.758. The fraction of sp³-hybridized carbons (Fsp3) is 0.471. The standard InChI is InChI=1S/C17H23FN2O4/c1-4-9-20(10-14(21)22)17(24)15(11(2)3)19-16(23)12-5-7-13(18)8-6-12/h5-8,11,15H,4,9-10H2,1-3H3,(H,19,23)(H,21,22). The third kappa shape index (κ3) is 5.64. The molecule has 0 bridgehead atoms. The highest BCUT2D eigenvalue weighted by Gasteiger charge is 2.29. The van der Waals surface area contributed by atoms with Gasteiger partial charge in [-0.25, -0.2) is 4.39 Å². The molecule has 0 saturated carbocycles. The normalized spacial score (nSPS) is 11.9. The van der Waals surface area contributed by atoms with Crippen LogP contribution in [0.4, 0.5) is 4.39 Å². The van der Waals surface area contributed by atoms with Crippen molar-refractivity contribution in [2.24, 2.45) is 5.92 Å². The first-order valence-corrected chi connectivity index (χ1v) is 7.83. The van der Waals surface area contributed by atoms with E-state index < -0.39 is 36.2 Å². The van der Waals surface area contributed by atoms with Crippen LogP contribution in [-0.4, -0.2) is 46.9 Å². The number of carboxylic acid groups (broad SMARTS) is 1.